The van der Waals surface area contributed by atoms with Gasteiger partial charge in [-0.1, -0.05) is 0 Å². The largest absolute Gasteiger partial charge is 0.287 e. The molecule has 0 N–H and O–H groups in total. The minimum atomic E-state index is -0.128. The molecule has 5 nitrogen and oxygen atoms in total. The molecule has 0 aliphatic heterocycles. The summed E-state index contributed by atoms with van der Waals surface area (Å²) >= 11 is 0. The SMILES string of the molecule is CCn1cc(C(=O)c2ccncn2)cn1. The van der Waals surface area contributed by atoms with Gasteiger partial charge >= 0.3 is 0 Å². The lowest BCUT2D eigenvalue weighted by molar-refractivity contribution is 0.103. The maximum Gasteiger partial charge on any atom is 0.214 e. The quantitative estimate of drug-likeness (QED) is 0.694. The molecule has 0 aliphatic carbocycles. The summed E-state index contributed by atoms with van der Waals surface area (Å²) in [5, 5.41) is 4.03. The van der Waals surface area contributed by atoms with E-state index in [1.165, 1.54) is 6.33 Å². The molecular formula is C10H10N4O. The molecular weight excluding hydrogens is 192 g/mol. The first-order chi connectivity index (χ1) is 7.31. The molecule has 15 heavy (non-hydrogen) atoms. The van der Waals surface area contributed by atoms with E-state index >= 15 is 0 Å². The van der Waals surface area contributed by atoms with Gasteiger partial charge in [0.25, 0.3) is 0 Å². The van der Waals surface area contributed by atoms with Crippen molar-refractivity contribution >= 4 is 5.78 Å². The van der Waals surface area contributed by atoms with Crippen LogP contribution in [-0.4, -0.2) is 25.5 Å². The molecule has 2 aromatic rings. The van der Waals surface area contributed by atoms with Crippen LogP contribution in [0.3, 0.4) is 0 Å². The van der Waals surface area contributed by atoms with Gasteiger partial charge in [0.05, 0.1) is 11.8 Å². The fourth-order valence-electron chi connectivity index (χ4n) is 1.23. The van der Waals surface area contributed by atoms with E-state index in [4.69, 9.17) is 0 Å². The number of rotatable bonds is 3. The predicted octanol–water partition coefficient (Wildman–Crippen LogP) is 0.924. The lowest BCUT2D eigenvalue weighted by atomic mass is 10.2. The van der Waals surface area contributed by atoms with Crippen LogP contribution < -0.4 is 0 Å². The fraction of sp³-hybridized carbons (Fsp3) is 0.200. The third kappa shape index (κ3) is 1.90. The van der Waals surface area contributed by atoms with E-state index in [1.807, 2.05) is 6.92 Å². The Balaban J connectivity index is 2.29. The first-order valence-electron chi connectivity index (χ1n) is 4.64. The molecule has 0 aromatic carbocycles. The lowest BCUT2D eigenvalue weighted by Gasteiger charge is -1.94. The Kier molecular flexibility index (Phi) is 2.53. The number of carbonyl (C=O) groups is 1. The average molecular weight is 202 g/mol. The Bertz CT molecular complexity index is 463. The number of hydrogen-bond acceptors (Lipinski definition) is 4. The van der Waals surface area contributed by atoms with Crippen molar-refractivity contribution in [3.8, 4) is 0 Å². The highest BCUT2D eigenvalue weighted by molar-refractivity contribution is 6.07. The van der Waals surface area contributed by atoms with Crippen LogP contribution in [0.25, 0.3) is 0 Å². The Labute approximate surface area is 86.8 Å². The summed E-state index contributed by atoms with van der Waals surface area (Å²) in [4.78, 5) is 19.5. The fourth-order valence-corrected chi connectivity index (χ4v) is 1.23. The van der Waals surface area contributed by atoms with Gasteiger partial charge in [-0.25, -0.2) is 9.97 Å². The van der Waals surface area contributed by atoms with Crippen molar-refractivity contribution in [1.29, 1.82) is 0 Å². The van der Waals surface area contributed by atoms with Gasteiger partial charge in [0.1, 0.15) is 12.0 Å². The zero-order chi connectivity index (χ0) is 10.7. The van der Waals surface area contributed by atoms with E-state index < -0.39 is 0 Å². The average Bonchev–Trinajstić information content (AvgIpc) is 2.78. The highest BCUT2D eigenvalue weighted by Gasteiger charge is 2.11. The summed E-state index contributed by atoms with van der Waals surface area (Å²) in [6, 6.07) is 1.59. The standard InChI is InChI=1S/C10H10N4O/c1-2-14-6-8(5-13-14)10(15)9-3-4-11-7-12-9/h3-7H,2H2,1H3. The van der Waals surface area contributed by atoms with Crippen molar-refractivity contribution in [2.45, 2.75) is 13.5 Å². The maximum atomic E-state index is 11.8. The molecule has 0 unspecified atom stereocenters. The van der Waals surface area contributed by atoms with Crippen molar-refractivity contribution in [3.63, 3.8) is 0 Å². The van der Waals surface area contributed by atoms with Crippen molar-refractivity contribution < 1.29 is 4.79 Å². The third-order valence-corrected chi connectivity index (χ3v) is 2.03. The lowest BCUT2D eigenvalue weighted by Crippen LogP contribution is -2.03. The van der Waals surface area contributed by atoms with Crippen molar-refractivity contribution in [2.75, 3.05) is 0 Å². The van der Waals surface area contributed by atoms with Gasteiger partial charge in [0, 0.05) is 18.9 Å². The van der Waals surface area contributed by atoms with Gasteiger partial charge in [-0.05, 0) is 13.0 Å². The first kappa shape index (κ1) is 9.51. The van der Waals surface area contributed by atoms with Crippen LogP contribution in [-0.2, 0) is 6.54 Å². The Morgan fingerprint density at radius 2 is 2.40 bits per heavy atom. The smallest absolute Gasteiger partial charge is 0.214 e. The van der Waals surface area contributed by atoms with Gasteiger partial charge < -0.3 is 0 Å². The van der Waals surface area contributed by atoms with Crippen LogP contribution in [0.15, 0.2) is 31.0 Å². The summed E-state index contributed by atoms with van der Waals surface area (Å²) in [5.41, 5.74) is 0.941. The molecule has 0 aliphatic rings. The van der Waals surface area contributed by atoms with E-state index in [2.05, 4.69) is 15.1 Å². The molecule has 2 heterocycles. The molecule has 2 aromatic heterocycles. The summed E-state index contributed by atoms with van der Waals surface area (Å²) < 4.78 is 1.70. The van der Waals surface area contributed by atoms with Gasteiger partial charge in [-0.2, -0.15) is 5.10 Å². The van der Waals surface area contributed by atoms with Crippen molar-refractivity contribution in [3.05, 3.63) is 42.2 Å². The second kappa shape index (κ2) is 4.00. The van der Waals surface area contributed by atoms with E-state index in [0.717, 1.165) is 6.54 Å². The number of hydrogen-bond donors (Lipinski definition) is 0. The van der Waals surface area contributed by atoms with Crippen molar-refractivity contribution in [2.24, 2.45) is 0 Å². The Morgan fingerprint density at radius 1 is 1.53 bits per heavy atom. The monoisotopic (exact) mass is 202 g/mol. The maximum absolute atomic E-state index is 11.8. The van der Waals surface area contributed by atoms with E-state index in [0.29, 0.717) is 11.3 Å². The molecule has 0 fully saturated rings. The highest BCUT2D eigenvalue weighted by Crippen LogP contribution is 2.05. The minimum Gasteiger partial charge on any atom is -0.287 e. The molecule has 0 saturated heterocycles. The van der Waals surface area contributed by atoms with Gasteiger partial charge in [0.15, 0.2) is 0 Å². The molecule has 0 spiro atoms. The van der Waals surface area contributed by atoms with Crippen LogP contribution in [0.4, 0.5) is 0 Å². The van der Waals surface area contributed by atoms with Crippen molar-refractivity contribution in [1.82, 2.24) is 19.7 Å². The second-order valence-corrected chi connectivity index (χ2v) is 3.01. The van der Waals surface area contributed by atoms with Crippen LogP contribution in [0.5, 0.6) is 0 Å². The Hall–Kier alpha value is -2.04. The summed E-state index contributed by atoms with van der Waals surface area (Å²) in [5.74, 6) is -0.128. The molecule has 0 bridgehead atoms. The van der Waals surface area contributed by atoms with E-state index in [1.54, 1.807) is 29.3 Å². The molecule has 0 saturated carbocycles. The summed E-state index contributed by atoms with van der Waals surface area (Å²) in [6.07, 6.45) is 6.17. The van der Waals surface area contributed by atoms with Crippen LogP contribution >= 0.6 is 0 Å². The molecule has 0 atom stereocenters. The summed E-state index contributed by atoms with van der Waals surface area (Å²) in [6.45, 7) is 2.71. The minimum absolute atomic E-state index is 0.128. The predicted molar refractivity (Wildman–Crippen MR) is 53.4 cm³/mol. The number of ketones is 1. The molecule has 76 valence electrons. The Morgan fingerprint density at radius 3 is 3.00 bits per heavy atom. The van der Waals surface area contributed by atoms with E-state index in [9.17, 15) is 4.79 Å². The number of aryl methyl sites for hydroxylation is 1. The number of carbonyl (C=O) groups excluding carboxylic acids is 1. The van der Waals surface area contributed by atoms with Crippen LogP contribution in [0.1, 0.15) is 23.0 Å². The van der Waals surface area contributed by atoms with Gasteiger partial charge in [-0.15, -0.1) is 0 Å². The van der Waals surface area contributed by atoms with Crippen LogP contribution in [0, 0.1) is 0 Å². The zero-order valence-electron chi connectivity index (χ0n) is 8.29. The number of aromatic nitrogens is 4. The molecule has 5 heteroatoms. The highest BCUT2D eigenvalue weighted by atomic mass is 16.1. The van der Waals surface area contributed by atoms with E-state index in [-0.39, 0.29) is 5.78 Å². The topological polar surface area (TPSA) is 60.7 Å². The second-order valence-electron chi connectivity index (χ2n) is 3.01. The molecule has 0 amide bonds. The molecule has 2 rings (SSSR count). The zero-order valence-corrected chi connectivity index (χ0v) is 8.29. The number of nitrogens with zero attached hydrogens (tertiary/aromatic N) is 4. The van der Waals surface area contributed by atoms with Gasteiger partial charge in [-0.3, -0.25) is 9.48 Å². The normalized spacial score (nSPS) is 10.2. The van der Waals surface area contributed by atoms with Crippen LogP contribution in [0.2, 0.25) is 0 Å². The summed E-state index contributed by atoms with van der Waals surface area (Å²) in [7, 11) is 0. The third-order valence-electron chi connectivity index (χ3n) is 2.03. The molecule has 0 radical (unpaired) electrons. The first-order valence-corrected chi connectivity index (χ1v) is 4.64. The van der Waals surface area contributed by atoms with Gasteiger partial charge in [0.2, 0.25) is 5.78 Å².